The van der Waals surface area contributed by atoms with E-state index in [-0.39, 0.29) is 5.76 Å². The van der Waals surface area contributed by atoms with Crippen molar-refractivity contribution in [2.75, 3.05) is 5.32 Å². The molecule has 0 aliphatic rings. The fourth-order valence-corrected chi connectivity index (χ4v) is 2.03. The number of anilines is 1. The number of furan rings is 1. The number of nitrogens with two attached hydrogens (primary N) is 1. The molecule has 0 saturated carbocycles. The van der Waals surface area contributed by atoms with Gasteiger partial charge in [-0.15, -0.1) is 11.3 Å². The summed E-state index contributed by atoms with van der Waals surface area (Å²) in [6, 6.07) is 2.34. The summed E-state index contributed by atoms with van der Waals surface area (Å²) < 4.78 is 26.7. The van der Waals surface area contributed by atoms with E-state index in [1.54, 1.807) is 5.38 Å². The third-order valence-corrected chi connectivity index (χ3v) is 3.21. The molecule has 0 unspecified atom stereocenters. The molecule has 1 amide bonds. The van der Waals surface area contributed by atoms with E-state index in [0.29, 0.717) is 5.13 Å². The lowest BCUT2D eigenvalue weighted by Crippen LogP contribution is -2.12. The molecular weight excluding hydrogens is 266 g/mol. The number of thiazole rings is 1. The van der Waals surface area contributed by atoms with Crippen LogP contribution in [0.15, 0.2) is 33.2 Å². The number of nitrogens with one attached hydrogen (secondary N) is 1. The lowest BCUT2D eigenvalue weighted by molar-refractivity contribution is 0.0991. The molecular formula is C8H7N3O4S2. The molecule has 90 valence electrons. The minimum Gasteiger partial charge on any atom is -0.438 e. The zero-order valence-corrected chi connectivity index (χ0v) is 9.92. The van der Waals surface area contributed by atoms with Crippen LogP contribution in [0.3, 0.4) is 0 Å². The van der Waals surface area contributed by atoms with Crippen LogP contribution < -0.4 is 10.5 Å². The number of hydrogen-bond donors (Lipinski definition) is 2. The van der Waals surface area contributed by atoms with Gasteiger partial charge in [-0.3, -0.25) is 10.1 Å². The predicted octanol–water partition coefficient (Wildman–Crippen LogP) is 0.636. The number of primary sulfonamides is 1. The average molecular weight is 273 g/mol. The van der Waals surface area contributed by atoms with E-state index >= 15 is 0 Å². The quantitative estimate of drug-likeness (QED) is 0.851. The summed E-state index contributed by atoms with van der Waals surface area (Å²) in [5.74, 6) is -0.737. The molecule has 0 fully saturated rings. The molecule has 7 nitrogen and oxygen atoms in total. The highest BCUT2D eigenvalue weighted by atomic mass is 32.2. The number of rotatable bonds is 3. The number of carbonyl (C=O) groups is 1. The van der Waals surface area contributed by atoms with E-state index in [1.165, 1.54) is 23.6 Å². The standard InChI is InChI=1S/C8H7N3O4S2/c9-17(13,14)6-2-1-5(15-6)7(12)11-8-10-3-4-16-8/h1-4H,(H2,9,13,14)(H,10,11,12). The molecule has 0 spiro atoms. The second-order valence-corrected chi connectivity index (χ2v) is 5.34. The van der Waals surface area contributed by atoms with Crippen molar-refractivity contribution in [1.82, 2.24) is 4.98 Å². The summed E-state index contributed by atoms with van der Waals surface area (Å²) in [5, 5.41) is 8.91. The third kappa shape index (κ3) is 2.70. The van der Waals surface area contributed by atoms with Crippen molar-refractivity contribution in [2.45, 2.75) is 5.09 Å². The van der Waals surface area contributed by atoms with Crippen molar-refractivity contribution >= 4 is 32.4 Å². The molecule has 17 heavy (non-hydrogen) atoms. The Bertz CT molecular complexity index is 630. The molecule has 2 aromatic rings. The van der Waals surface area contributed by atoms with E-state index in [9.17, 15) is 13.2 Å². The maximum atomic E-state index is 11.6. The Morgan fingerprint density at radius 3 is 2.76 bits per heavy atom. The van der Waals surface area contributed by atoms with Crippen molar-refractivity contribution in [3.63, 3.8) is 0 Å². The number of sulfonamides is 1. The maximum Gasteiger partial charge on any atom is 0.293 e. The molecule has 3 N–H and O–H groups in total. The molecule has 2 heterocycles. The molecule has 9 heteroatoms. The van der Waals surface area contributed by atoms with Crippen molar-refractivity contribution < 1.29 is 17.6 Å². The first-order chi connectivity index (χ1) is 7.97. The maximum absolute atomic E-state index is 11.6. The second-order valence-electron chi connectivity index (χ2n) is 2.96. The first-order valence-corrected chi connectivity index (χ1v) is 6.73. The van der Waals surface area contributed by atoms with E-state index in [0.717, 1.165) is 6.07 Å². The van der Waals surface area contributed by atoms with E-state index in [2.05, 4.69) is 10.3 Å². The Morgan fingerprint density at radius 2 is 2.24 bits per heavy atom. The van der Waals surface area contributed by atoms with Gasteiger partial charge in [0.05, 0.1) is 0 Å². The van der Waals surface area contributed by atoms with Crippen molar-refractivity contribution in [3.8, 4) is 0 Å². The Balaban J connectivity index is 2.18. The largest absolute Gasteiger partial charge is 0.438 e. The van der Waals surface area contributed by atoms with Gasteiger partial charge in [0.1, 0.15) is 0 Å². The molecule has 0 atom stereocenters. The molecule has 2 aromatic heterocycles. The van der Waals surface area contributed by atoms with Crippen LogP contribution in [-0.2, 0) is 10.0 Å². The average Bonchev–Trinajstić information content (AvgIpc) is 2.85. The van der Waals surface area contributed by atoms with Crippen LogP contribution in [0.25, 0.3) is 0 Å². The van der Waals surface area contributed by atoms with Gasteiger partial charge in [-0.1, -0.05) is 0 Å². The monoisotopic (exact) mass is 273 g/mol. The molecule has 0 aliphatic carbocycles. The number of amides is 1. The van der Waals surface area contributed by atoms with Crippen molar-refractivity contribution in [2.24, 2.45) is 5.14 Å². The summed E-state index contributed by atoms with van der Waals surface area (Å²) in [7, 11) is -3.94. The van der Waals surface area contributed by atoms with Crippen molar-refractivity contribution in [1.29, 1.82) is 0 Å². The first kappa shape index (κ1) is 11.8. The number of aromatic nitrogens is 1. The highest BCUT2D eigenvalue weighted by Gasteiger charge is 2.17. The summed E-state index contributed by atoms with van der Waals surface area (Å²) in [6.07, 6.45) is 1.53. The van der Waals surface area contributed by atoms with Gasteiger partial charge in [-0.25, -0.2) is 18.5 Å². The number of hydrogen-bond acceptors (Lipinski definition) is 6. The smallest absolute Gasteiger partial charge is 0.293 e. The molecule has 2 rings (SSSR count). The van der Waals surface area contributed by atoms with Crippen LogP contribution in [0.2, 0.25) is 0 Å². The van der Waals surface area contributed by atoms with Gasteiger partial charge in [0.25, 0.3) is 15.9 Å². The lowest BCUT2D eigenvalue weighted by Gasteiger charge is -1.97. The summed E-state index contributed by atoms with van der Waals surface area (Å²) in [5.41, 5.74) is 0. The Kier molecular flexibility index (Phi) is 2.96. The fraction of sp³-hybridized carbons (Fsp3) is 0. The molecule has 0 saturated heterocycles. The summed E-state index contributed by atoms with van der Waals surface area (Å²) in [4.78, 5) is 15.4. The van der Waals surface area contributed by atoms with Crippen LogP contribution in [0.5, 0.6) is 0 Å². The zero-order valence-electron chi connectivity index (χ0n) is 8.28. The van der Waals surface area contributed by atoms with E-state index < -0.39 is 21.0 Å². The van der Waals surface area contributed by atoms with Gasteiger partial charge >= 0.3 is 0 Å². The van der Waals surface area contributed by atoms with Crippen LogP contribution in [0, 0.1) is 0 Å². The number of carbonyl (C=O) groups excluding carboxylic acids is 1. The Labute approximate surface area is 100 Å². The minimum atomic E-state index is -3.94. The Morgan fingerprint density at radius 1 is 1.47 bits per heavy atom. The van der Waals surface area contributed by atoms with Gasteiger partial charge < -0.3 is 4.42 Å². The molecule has 0 bridgehead atoms. The normalized spacial score (nSPS) is 11.4. The van der Waals surface area contributed by atoms with E-state index in [1.807, 2.05) is 0 Å². The van der Waals surface area contributed by atoms with Gasteiger partial charge in [0.2, 0.25) is 5.09 Å². The molecule has 0 aromatic carbocycles. The third-order valence-electron chi connectivity index (χ3n) is 1.74. The highest BCUT2D eigenvalue weighted by Crippen LogP contribution is 2.15. The number of nitrogens with zero attached hydrogens (tertiary/aromatic N) is 1. The minimum absolute atomic E-state index is 0.149. The lowest BCUT2D eigenvalue weighted by atomic mass is 10.4. The van der Waals surface area contributed by atoms with Crippen LogP contribution in [0.4, 0.5) is 5.13 Å². The van der Waals surface area contributed by atoms with E-state index in [4.69, 9.17) is 9.56 Å². The molecule has 0 aliphatic heterocycles. The summed E-state index contributed by atoms with van der Waals surface area (Å²) in [6.45, 7) is 0. The first-order valence-electron chi connectivity index (χ1n) is 4.30. The van der Waals surface area contributed by atoms with Crippen LogP contribution in [-0.4, -0.2) is 19.3 Å². The molecule has 0 radical (unpaired) electrons. The fourth-order valence-electron chi connectivity index (χ4n) is 1.04. The van der Waals surface area contributed by atoms with Gasteiger partial charge in [0.15, 0.2) is 10.9 Å². The van der Waals surface area contributed by atoms with Crippen molar-refractivity contribution in [3.05, 3.63) is 29.5 Å². The topological polar surface area (TPSA) is 115 Å². The zero-order chi connectivity index (χ0) is 12.5. The SMILES string of the molecule is NS(=O)(=O)c1ccc(C(=O)Nc2nccs2)o1. The van der Waals surface area contributed by atoms with Gasteiger partial charge in [-0.2, -0.15) is 0 Å². The highest BCUT2D eigenvalue weighted by molar-refractivity contribution is 7.89. The predicted molar refractivity (Wildman–Crippen MR) is 60.1 cm³/mol. The second kappa shape index (κ2) is 4.28. The van der Waals surface area contributed by atoms with Gasteiger partial charge in [-0.05, 0) is 12.1 Å². The summed E-state index contributed by atoms with van der Waals surface area (Å²) >= 11 is 1.23. The Hall–Kier alpha value is -1.71. The van der Waals surface area contributed by atoms with Gasteiger partial charge in [0, 0.05) is 11.6 Å². The van der Waals surface area contributed by atoms with Crippen LogP contribution >= 0.6 is 11.3 Å². The van der Waals surface area contributed by atoms with Crippen LogP contribution in [0.1, 0.15) is 10.6 Å².